The summed E-state index contributed by atoms with van der Waals surface area (Å²) in [6, 6.07) is 11.6. The van der Waals surface area contributed by atoms with Crippen LogP contribution in [0.1, 0.15) is 107 Å². The molecule has 0 aromatic heterocycles. The zero-order valence-electron chi connectivity index (χ0n) is 37.3. The molecule has 9 rings (SSSR count). The van der Waals surface area contributed by atoms with Gasteiger partial charge in [0.25, 0.3) is 0 Å². The number of carbonyl (C=O) groups is 3. The van der Waals surface area contributed by atoms with E-state index in [1.807, 2.05) is 49.9 Å². The van der Waals surface area contributed by atoms with Gasteiger partial charge < -0.3 is 44.1 Å². The number of allylic oxidation sites excluding steroid dienone is 2. The molecule has 2 aromatic carbocycles. The molecule has 4 fully saturated rings. The largest absolute Gasteiger partial charge is 0.483 e. The van der Waals surface area contributed by atoms with Gasteiger partial charge in [-0.1, -0.05) is 64.1 Å². The molecule has 0 aliphatic carbocycles. The van der Waals surface area contributed by atoms with E-state index < -0.39 is 24.0 Å². The maximum Gasteiger partial charge on any atom is 0.407 e. The van der Waals surface area contributed by atoms with Crippen molar-refractivity contribution in [2.24, 2.45) is 21.8 Å². The van der Waals surface area contributed by atoms with Crippen LogP contribution in [0.25, 0.3) is 22.3 Å². The van der Waals surface area contributed by atoms with E-state index in [0.29, 0.717) is 51.4 Å². The summed E-state index contributed by atoms with van der Waals surface area (Å²) in [6.07, 6.45) is 8.89. The minimum atomic E-state index is -0.837. The first kappa shape index (κ1) is 43.0. The lowest BCUT2D eigenvalue weighted by molar-refractivity contribution is -0.153. The summed E-state index contributed by atoms with van der Waals surface area (Å²) >= 11 is 0. The van der Waals surface area contributed by atoms with Crippen LogP contribution in [0.2, 0.25) is 0 Å². The average molecular weight is 861 g/mol. The molecule has 3 amide bonds. The third-order valence-corrected chi connectivity index (χ3v) is 14.0. The number of methoxy groups -OCH3 is 2. The fraction of sp³-hybridized carbons (Fsp3) is 0.531. The Labute approximate surface area is 369 Å². The highest BCUT2D eigenvalue weighted by Crippen LogP contribution is 2.56. The molecule has 14 nitrogen and oxygen atoms in total. The highest BCUT2D eigenvalue weighted by molar-refractivity contribution is 6.05. The van der Waals surface area contributed by atoms with Crippen LogP contribution in [-0.4, -0.2) is 110 Å². The molecule has 14 heteroatoms. The Bertz CT molecular complexity index is 2290. The van der Waals surface area contributed by atoms with Crippen molar-refractivity contribution in [3.05, 3.63) is 83.5 Å². The van der Waals surface area contributed by atoms with Crippen molar-refractivity contribution in [1.82, 2.24) is 20.4 Å². The standard InChI is InChI=1S/C49H60N6O8/c1-27(2)44(52-29(5)59-6)47(57)55-26-49(61-19-20-62-49)23-39(55)37-21-32(24-50-37)30-10-12-31(13-11-30)34-14-15-35(43-41-17-16-40(63-41)42(34)43)33-22-36(51-25-33)38-9-8-18-54(38)46(56)45(28(3)4)53-48(58)60-7/h10-15,24-25,27-28,38-41,44-45,52H,5,8-9,16-23,26H2,1-4,6-7H3,(H,53,58)/t38-,39-,40?,41?,44-,45-/m0/s1. The molecule has 2 unspecified atom stereocenters. The van der Waals surface area contributed by atoms with Crippen LogP contribution in [-0.2, 0) is 33.3 Å². The quantitative estimate of drug-likeness (QED) is 0.201. The van der Waals surface area contributed by atoms with E-state index in [-0.39, 0.29) is 47.9 Å². The molecule has 4 saturated heterocycles. The second-order valence-electron chi connectivity index (χ2n) is 18.5. The van der Waals surface area contributed by atoms with Crippen LogP contribution >= 0.6 is 0 Å². The Morgan fingerprint density at radius 3 is 2.00 bits per heavy atom. The number of hydrogen-bond acceptors (Lipinski definition) is 11. The maximum atomic E-state index is 14.2. The van der Waals surface area contributed by atoms with Crippen molar-refractivity contribution < 1.29 is 38.1 Å². The van der Waals surface area contributed by atoms with Gasteiger partial charge in [-0.05, 0) is 88.6 Å². The number of hydrogen-bond donors (Lipinski definition) is 2. The molecule has 6 atom stereocenters. The summed E-state index contributed by atoms with van der Waals surface area (Å²) in [6.45, 7) is 13.7. The zero-order valence-corrected chi connectivity index (χ0v) is 37.3. The fourth-order valence-corrected chi connectivity index (χ4v) is 10.7. The van der Waals surface area contributed by atoms with Gasteiger partial charge in [0.1, 0.15) is 12.1 Å². The molecule has 1 spiro atoms. The minimum Gasteiger partial charge on any atom is -0.483 e. The summed E-state index contributed by atoms with van der Waals surface area (Å²) in [7, 11) is 2.85. The van der Waals surface area contributed by atoms with Crippen molar-refractivity contribution in [1.29, 1.82) is 0 Å². The van der Waals surface area contributed by atoms with Crippen LogP contribution in [0.4, 0.5) is 4.79 Å². The van der Waals surface area contributed by atoms with E-state index in [1.165, 1.54) is 36.5 Å². The Hall–Kier alpha value is -5.31. The smallest absolute Gasteiger partial charge is 0.407 e. The number of likely N-dealkylation sites (tertiary alicyclic amines) is 2. The predicted octanol–water partition coefficient (Wildman–Crippen LogP) is 7.08. The lowest BCUT2D eigenvalue weighted by Crippen LogP contribution is -2.53. The topological polar surface area (TPSA) is 153 Å². The van der Waals surface area contributed by atoms with E-state index >= 15 is 0 Å². The minimum absolute atomic E-state index is 0.0138. The SMILES string of the molecule is C=C(N[C@H](C(=O)N1CC2(C[C@H]1C1=NC=C(c3ccc(-c4ccc(C5=CN=C([C@@H]6CCCN6C(=O)[C@@H](NC(=O)OC)C(C)C)C5)c5c4C4CCC5O4)cc3)C1)OCCO2)C(C)C)OC. The van der Waals surface area contributed by atoms with Gasteiger partial charge in [0.2, 0.25) is 11.8 Å². The van der Waals surface area contributed by atoms with E-state index in [0.717, 1.165) is 59.4 Å². The number of carbonyl (C=O) groups excluding carboxylic acids is 3. The van der Waals surface area contributed by atoms with E-state index in [9.17, 15) is 14.4 Å². The molecule has 7 aliphatic rings. The molecule has 7 aliphatic heterocycles. The monoisotopic (exact) mass is 860 g/mol. The number of ether oxygens (including phenoxy) is 5. The van der Waals surface area contributed by atoms with Gasteiger partial charge in [-0.25, -0.2) is 4.79 Å². The highest BCUT2D eigenvalue weighted by atomic mass is 16.7. The molecule has 2 bridgehead atoms. The Balaban J connectivity index is 0.899. The predicted molar refractivity (Wildman–Crippen MR) is 239 cm³/mol. The third-order valence-electron chi connectivity index (χ3n) is 14.0. The van der Waals surface area contributed by atoms with Gasteiger partial charge >= 0.3 is 6.09 Å². The Kier molecular flexibility index (Phi) is 11.8. The molecule has 334 valence electrons. The van der Waals surface area contributed by atoms with Crippen LogP contribution < -0.4 is 10.6 Å². The lowest BCUT2D eigenvalue weighted by Gasteiger charge is -2.31. The third kappa shape index (κ3) is 7.99. The van der Waals surface area contributed by atoms with Gasteiger partial charge in [-0.3, -0.25) is 19.6 Å². The number of alkyl carbamates (subject to hydrolysis) is 1. The zero-order chi connectivity index (χ0) is 44.2. The normalized spacial score (nSPS) is 25.3. The van der Waals surface area contributed by atoms with Gasteiger partial charge in [0.15, 0.2) is 11.7 Å². The molecule has 2 N–H and O–H groups in total. The number of aliphatic imine (C=N–C) groups is 2. The first-order chi connectivity index (χ1) is 30.4. The van der Waals surface area contributed by atoms with E-state index in [2.05, 4.69) is 53.6 Å². The number of amides is 3. The summed E-state index contributed by atoms with van der Waals surface area (Å²) in [5.74, 6) is -0.754. The van der Waals surface area contributed by atoms with Gasteiger partial charge in [-0.15, -0.1) is 0 Å². The molecule has 63 heavy (non-hydrogen) atoms. The maximum absolute atomic E-state index is 14.2. The Morgan fingerprint density at radius 2 is 1.33 bits per heavy atom. The van der Waals surface area contributed by atoms with Crippen LogP contribution in [0, 0.1) is 11.8 Å². The second kappa shape index (κ2) is 17.3. The van der Waals surface area contributed by atoms with Gasteiger partial charge in [0.05, 0.1) is 58.3 Å². The number of rotatable bonds is 13. The number of benzene rings is 2. The molecule has 2 aromatic rings. The van der Waals surface area contributed by atoms with Crippen molar-refractivity contribution >= 4 is 40.5 Å². The first-order valence-electron chi connectivity index (χ1n) is 22.6. The second-order valence-corrected chi connectivity index (χ2v) is 18.5. The van der Waals surface area contributed by atoms with Crippen molar-refractivity contribution in [3.63, 3.8) is 0 Å². The van der Waals surface area contributed by atoms with Crippen LogP contribution in [0.3, 0.4) is 0 Å². The molecular weight excluding hydrogens is 801 g/mol. The van der Waals surface area contributed by atoms with E-state index in [4.69, 9.17) is 33.7 Å². The lowest BCUT2D eigenvalue weighted by atomic mass is 9.80. The fourth-order valence-electron chi connectivity index (χ4n) is 10.7. The van der Waals surface area contributed by atoms with Gasteiger partial charge in [-0.2, -0.15) is 0 Å². The van der Waals surface area contributed by atoms with Gasteiger partial charge in [0, 0.05) is 49.6 Å². The first-order valence-corrected chi connectivity index (χ1v) is 22.6. The number of nitrogens with one attached hydrogen (secondary N) is 2. The summed E-state index contributed by atoms with van der Waals surface area (Å²) in [5, 5.41) is 5.92. The molecular formula is C49H60N6O8. The van der Waals surface area contributed by atoms with Crippen molar-refractivity contribution in [2.45, 2.75) is 115 Å². The van der Waals surface area contributed by atoms with E-state index in [1.54, 1.807) is 0 Å². The molecule has 0 saturated carbocycles. The Morgan fingerprint density at radius 1 is 0.746 bits per heavy atom. The molecule has 7 heterocycles. The number of nitrogens with zero attached hydrogens (tertiary/aromatic N) is 4. The van der Waals surface area contributed by atoms with Crippen LogP contribution in [0.15, 0.2) is 71.2 Å². The van der Waals surface area contributed by atoms with Crippen molar-refractivity contribution in [2.75, 3.05) is 40.5 Å². The highest BCUT2D eigenvalue weighted by Gasteiger charge is 2.53. The van der Waals surface area contributed by atoms with Crippen molar-refractivity contribution in [3.8, 4) is 11.1 Å². The summed E-state index contributed by atoms with van der Waals surface area (Å²) in [4.78, 5) is 53.8. The number of fused-ring (bicyclic) bond motifs is 5. The van der Waals surface area contributed by atoms with Crippen LogP contribution in [0.5, 0.6) is 0 Å². The average Bonchev–Trinajstić information content (AvgIpc) is 4.15. The summed E-state index contributed by atoms with van der Waals surface area (Å²) in [5.41, 5.74) is 11.2. The molecule has 0 radical (unpaired) electrons. The summed E-state index contributed by atoms with van der Waals surface area (Å²) < 4.78 is 29.0.